The molecular weight excluding hydrogens is 352 g/mol. The third-order valence-electron chi connectivity index (χ3n) is 5.57. The number of imide groups is 1. The maximum Gasteiger partial charge on any atom is 0.263 e. The van der Waals surface area contributed by atoms with Crippen molar-refractivity contribution in [2.45, 2.75) is 36.6 Å². The molecule has 4 rings (SSSR count). The molecule has 0 bridgehead atoms. The third-order valence-corrected chi connectivity index (χ3v) is 5.57. The first-order valence-corrected chi connectivity index (χ1v) is 8.24. The molecule has 3 aliphatic rings. The number of carbonyl (C=O) groups excluding carboxylic acids is 2. The van der Waals surface area contributed by atoms with Gasteiger partial charge in [0, 0.05) is 18.7 Å². The summed E-state index contributed by atoms with van der Waals surface area (Å²) in [7, 11) is 0. The molecule has 5 nitrogen and oxygen atoms in total. The van der Waals surface area contributed by atoms with E-state index < -0.39 is 23.3 Å². The Morgan fingerprint density at radius 3 is 2.52 bits per heavy atom. The fourth-order valence-electron chi connectivity index (χ4n) is 4.14. The van der Waals surface area contributed by atoms with E-state index in [9.17, 15) is 18.4 Å². The molecule has 1 aromatic rings. The maximum atomic E-state index is 14.3. The second kappa shape index (κ2) is 6.21. The van der Waals surface area contributed by atoms with E-state index >= 15 is 0 Å². The lowest BCUT2D eigenvalue weighted by molar-refractivity contribution is -0.133. The quantitative estimate of drug-likeness (QED) is 0.709. The maximum absolute atomic E-state index is 14.3. The first-order valence-electron chi connectivity index (χ1n) is 8.24. The van der Waals surface area contributed by atoms with Crippen LogP contribution in [0.25, 0.3) is 0 Å². The normalized spacial score (nSPS) is 32.9. The van der Waals surface area contributed by atoms with Crippen molar-refractivity contribution in [3.8, 4) is 0 Å². The summed E-state index contributed by atoms with van der Waals surface area (Å²) >= 11 is 0. The predicted molar refractivity (Wildman–Crippen MR) is 91.1 cm³/mol. The van der Waals surface area contributed by atoms with Crippen molar-refractivity contribution >= 4 is 29.9 Å². The molecule has 1 saturated carbocycles. The van der Waals surface area contributed by atoms with Crippen LogP contribution in [0.15, 0.2) is 24.3 Å². The molecular formula is C17H20ClF2N3O2. The van der Waals surface area contributed by atoms with Crippen LogP contribution in [0.4, 0.5) is 14.5 Å². The smallest absolute Gasteiger partial charge is 0.263 e. The third kappa shape index (κ3) is 2.69. The molecule has 0 spiro atoms. The second-order valence-electron chi connectivity index (χ2n) is 6.83. The minimum absolute atomic E-state index is 0. The van der Waals surface area contributed by atoms with E-state index in [4.69, 9.17) is 0 Å². The van der Waals surface area contributed by atoms with Crippen molar-refractivity contribution in [1.29, 1.82) is 0 Å². The van der Waals surface area contributed by atoms with Crippen LogP contribution in [0, 0.1) is 5.92 Å². The van der Waals surface area contributed by atoms with Crippen LogP contribution in [-0.4, -0.2) is 36.9 Å². The van der Waals surface area contributed by atoms with Gasteiger partial charge in [0.15, 0.2) is 0 Å². The van der Waals surface area contributed by atoms with Gasteiger partial charge in [-0.25, -0.2) is 8.78 Å². The van der Waals surface area contributed by atoms with E-state index in [2.05, 4.69) is 16.0 Å². The van der Waals surface area contributed by atoms with Gasteiger partial charge in [0.1, 0.15) is 6.04 Å². The number of benzene rings is 1. The lowest BCUT2D eigenvalue weighted by atomic mass is 9.87. The number of halogens is 3. The van der Waals surface area contributed by atoms with Crippen molar-refractivity contribution in [3.63, 3.8) is 0 Å². The van der Waals surface area contributed by atoms with Gasteiger partial charge in [-0.15, -0.1) is 12.4 Å². The predicted octanol–water partition coefficient (Wildman–Crippen LogP) is 1.82. The molecule has 2 amide bonds. The van der Waals surface area contributed by atoms with Crippen LogP contribution in [0.3, 0.4) is 0 Å². The van der Waals surface area contributed by atoms with Crippen LogP contribution >= 0.6 is 12.4 Å². The average molecular weight is 372 g/mol. The van der Waals surface area contributed by atoms with Crippen LogP contribution in [-0.2, 0) is 15.0 Å². The van der Waals surface area contributed by atoms with Gasteiger partial charge in [0.2, 0.25) is 11.8 Å². The largest absolute Gasteiger partial charge is 0.374 e. The van der Waals surface area contributed by atoms with Crippen molar-refractivity contribution in [1.82, 2.24) is 10.6 Å². The zero-order valence-corrected chi connectivity index (χ0v) is 14.3. The van der Waals surface area contributed by atoms with Crippen LogP contribution < -0.4 is 16.0 Å². The molecule has 3 unspecified atom stereocenters. The zero-order chi connectivity index (χ0) is 16.9. The van der Waals surface area contributed by atoms with E-state index in [0.717, 1.165) is 0 Å². The SMILES string of the molecule is Cl.O=C1CCC(Nc2ccc(C34CCNCC3C4(F)F)cc2)C(=O)N1. The highest BCUT2D eigenvalue weighted by Gasteiger charge is 2.80. The molecule has 0 aromatic heterocycles. The minimum atomic E-state index is -2.66. The van der Waals surface area contributed by atoms with E-state index in [0.29, 0.717) is 43.6 Å². The number of carbonyl (C=O) groups is 2. The lowest BCUT2D eigenvalue weighted by Gasteiger charge is -2.24. The van der Waals surface area contributed by atoms with Crippen molar-refractivity contribution in [3.05, 3.63) is 29.8 Å². The van der Waals surface area contributed by atoms with Crippen LogP contribution in [0.1, 0.15) is 24.8 Å². The van der Waals surface area contributed by atoms with Gasteiger partial charge in [-0.2, -0.15) is 0 Å². The van der Waals surface area contributed by atoms with Gasteiger partial charge < -0.3 is 10.6 Å². The summed E-state index contributed by atoms with van der Waals surface area (Å²) in [5.41, 5.74) is 0.317. The van der Waals surface area contributed by atoms with Gasteiger partial charge in [0.25, 0.3) is 5.92 Å². The number of amides is 2. The first-order chi connectivity index (χ1) is 11.4. The number of piperidine rings is 2. The van der Waals surface area contributed by atoms with Gasteiger partial charge >= 0.3 is 0 Å². The summed E-state index contributed by atoms with van der Waals surface area (Å²) in [5.74, 6) is -3.90. The molecule has 136 valence electrons. The Hall–Kier alpha value is -1.73. The molecule has 8 heteroatoms. The number of fused-ring (bicyclic) bond motifs is 1. The monoisotopic (exact) mass is 371 g/mol. The Morgan fingerprint density at radius 2 is 1.88 bits per heavy atom. The Morgan fingerprint density at radius 1 is 1.16 bits per heavy atom. The summed E-state index contributed by atoms with van der Waals surface area (Å²) < 4.78 is 28.5. The molecule has 2 heterocycles. The van der Waals surface area contributed by atoms with Gasteiger partial charge in [-0.1, -0.05) is 12.1 Å². The number of nitrogens with one attached hydrogen (secondary N) is 3. The number of anilines is 1. The number of rotatable bonds is 3. The van der Waals surface area contributed by atoms with Crippen LogP contribution in [0.5, 0.6) is 0 Å². The summed E-state index contributed by atoms with van der Waals surface area (Å²) in [6.07, 6.45) is 1.16. The lowest BCUT2D eigenvalue weighted by Crippen LogP contribution is -2.47. The first kappa shape index (κ1) is 18.1. The summed E-state index contributed by atoms with van der Waals surface area (Å²) in [5, 5.41) is 8.39. The van der Waals surface area contributed by atoms with Crippen molar-refractivity contribution in [2.24, 2.45) is 5.92 Å². The Bertz CT molecular complexity index is 698. The Labute approximate surface area is 150 Å². The number of hydrogen-bond acceptors (Lipinski definition) is 4. The second-order valence-corrected chi connectivity index (χ2v) is 6.83. The Balaban J connectivity index is 0.00000182. The fraction of sp³-hybridized carbons (Fsp3) is 0.529. The molecule has 1 aromatic carbocycles. The molecule has 2 aliphatic heterocycles. The molecule has 3 N–H and O–H groups in total. The van der Waals surface area contributed by atoms with E-state index in [1.54, 1.807) is 24.3 Å². The van der Waals surface area contributed by atoms with Crippen molar-refractivity contribution in [2.75, 3.05) is 18.4 Å². The molecule has 25 heavy (non-hydrogen) atoms. The molecule has 3 atom stereocenters. The van der Waals surface area contributed by atoms with E-state index in [1.807, 2.05) is 0 Å². The van der Waals surface area contributed by atoms with Gasteiger partial charge in [-0.05, 0) is 37.1 Å². The van der Waals surface area contributed by atoms with Crippen LogP contribution in [0.2, 0.25) is 0 Å². The van der Waals surface area contributed by atoms with Gasteiger partial charge in [0.05, 0.1) is 11.3 Å². The summed E-state index contributed by atoms with van der Waals surface area (Å²) in [6, 6.07) is 6.46. The number of alkyl halides is 2. The molecule has 2 saturated heterocycles. The number of hydrogen-bond donors (Lipinski definition) is 3. The summed E-state index contributed by atoms with van der Waals surface area (Å²) in [4.78, 5) is 22.9. The average Bonchev–Trinajstić information content (AvgIpc) is 3.09. The highest BCUT2D eigenvalue weighted by molar-refractivity contribution is 6.01. The van der Waals surface area contributed by atoms with Crippen molar-refractivity contribution < 1.29 is 18.4 Å². The topological polar surface area (TPSA) is 70.2 Å². The summed E-state index contributed by atoms with van der Waals surface area (Å²) in [6.45, 7) is 0.950. The highest BCUT2D eigenvalue weighted by atomic mass is 35.5. The van der Waals surface area contributed by atoms with E-state index in [-0.39, 0.29) is 24.2 Å². The minimum Gasteiger partial charge on any atom is -0.374 e. The molecule has 3 fully saturated rings. The highest BCUT2D eigenvalue weighted by Crippen LogP contribution is 2.69. The Kier molecular flexibility index (Phi) is 4.49. The standard InChI is InChI=1S/C17H19F2N3O2.ClH/c18-17(19)13-9-20-8-7-16(13,17)10-1-3-11(4-2-10)21-12-5-6-14(23)22-15(12)24;/h1-4,12-13,20-21H,5-9H2,(H,22,23,24);1H. The van der Waals surface area contributed by atoms with Gasteiger partial charge in [-0.3, -0.25) is 14.9 Å². The zero-order valence-electron chi connectivity index (χ0n) is 13.5. The molecule has 1 aliphatic carbocycles. The molecule has 0 radical (unpaired) electrons. The van der Waals surface area contributed by atoms with E-state index in [1.165, 1.54) is 0 Å². The fourth-order valence-corrected chi connectivity index (χ4v) is 4.14.